The Balaban J connectivity index is 1.59. The van der Waals surface area contributed by atoms with Gasteiger partial charge in [0, 0.05) is 24.2 Å². The van der Waals surface area contributed by atoms with E-state index in [4.69, 9.17) is 0 Å². The largest absolute Gasteiger partial charge is 0.341 e. The molecule has 1 aliphatic heterocycles. The molecule has 0 bridgehead atoms. The first-order chi connectivity index (χ1) is 14.1. The smallest absolute Gasteiger partial charge is 0.278 e. The first-order valence-corrected chi connectivity index (χ1v) is 11.5. The monoisotopic (exact) mass is 425 g/mol. The lowest BCUT2D eigenvalue weighted by atomic mass is 10.1. The molecule has 0 aliphatic carbocycles. The highest BCUT2D eigenvalue weighted by Gasteiger charge is 2.26. The fourth-order valence-corrected chi connectivity index (χ4v) is 5.02. The third-order valence-electron chi connectivity index (χ3n) is 5.05. The van der Waals surface area contributed by atoms with Crippen LogP contribution in [0.1, 0.15) is 35.3 Å². The molecule has 3 aromatic rings. The van der Waals surface area contributed by atoms with Crippen LogP contribution in [-0.2, 0) is 4.79 Å². The van der Waals surface area contributed by atoms with Gasteiger partial charge in [0.2, 0.25) is 5.91 Å². The molecule has 0 atom stereocenters. The summed E-state index contributed by atoms with van der Waals surface area (Å²) in [5.41, 5.74) is 2.21. The summed E-state index contributed by atoms with van der Waals surface area (Å²) in [5.74, 6) is -0.245. The van der Waals surface area contributed by atoms with E-state index < -0.39 is 0 Å². The Morgan fingerprint density at radius 2 is 1.83 bits per heavy atom. The van der Waals surface area contributed by atoms with Gasteiger partial charge in [0.05, 0.1) is 4.88 Å². The van der Waals surface area contributed by atoms with Gasteiger partial charge in [-0.05, 0) is 49.8 Å². The maximum atomic E-state index is 13.3. The minimum Gasteiger partial charge on any atom is -0.341 e. The van der Waals surface area contributed by atoms with E-state index in [2.05, 4.69) is 4.98 Å². The summed E-state index contributed by atoms with van der Waals surface area (Å²) in [6, 6.07) is 11.7. The number of rotatable bonds is 5. The van der Waals surface area contributed by atoms with Crippen molar-refractivity contribution in [1.29, 1.82) is 0 Å². The van der Waals surface area contributed by atoms with E-state index in [0.29, 0.717) is 5.69 Å². The van der Waals surface area contributed by atoms with E-state index in [1.807, 2.05) is 53.6 Å². The summed E-state index contributed by atoms with van der Waals surface area (Å²) in [6.45, 7) is 3.58. The molecule has 3 heterocycles. The number of thiophene rings is 1. The summed E-state index contributed by atoms with van der Waals surface area (Å²) in [7, 11) is 0. The van der Waals surface area contributed by atoms with Crippen LogP contribution >= 0.6 is 22.7 Å². The number of piperidine rings is 1. The fourth-order valence-electron chi connectivity index (χ4n) is 3.41. The van der Waals surface area contributed by atoms with E-state index >= 15 is 0 Å². The topological polar surface area (TPSA) is 53.5 Å². The Bertz CT molecular complexity index is 974. The molecule has 0 radical (unpaired) electrons. The predicted octanol–water partition coefficient (Wildman–Crippen LogP) is 4.84. The Labute approximate surface area is 178 Å². The molecule has 1 saturated heterocycles. The van der Waals surface area contributed by atoms with Gasteiger partial charge < -0.3 is 4.90 Å². The van der Waals surface area contributed by atoms with Crippen LogP contribution in [0.15, 0.2) is 47.2 Å². The molecule has 1 fully saturated rings. The zero-order valence-electron chi connectivity index (χ0n) is 16.3. The van der Waals surface area contributed by atoms with E-state index in [-0.39, 0.29) is 18.4 Å². The van der Waals surface area contributed by atoms with Gasteiger partial charge in [0.15, 0.2) is 0 Å². The van der Waals surface area contributed by atoms with Crippen molar-refractivity contribution in [3.63, 3.8) is 0 Å². The maximum absolute atomic E-state index is 13.3. The standard InChI is InChI=1S/C22H23N3O2S2/c1-16-7-9-17(10-8-16)25(14-20(26)24-11-3-2-4-12-24)22(27)18-15-29-21(23-18)19-6-5-13-28-19/h5-10,13,15H,2-4,11-12,14H2,1H3. The van der Waals surface area contributed by atoms with E-state index in [1.165, 1.54) is 11.3 Å². The highest BCUT2D eigenvalue weighted by atomic mass is 32.1. The summed E-state index contributed by atoms with van der Waals surface area (Å²) < 4.78 is 0. The van der Waals surface area contributed by atoms with Crippen LogP contribution in [0.4, 0.5) is 5.69 Å². The zero-order chi connectivity index (χ0) is 20.2. The van der Waals surface area contributed by atoms with E-state index in [0.717, 1.165) is 53.5 Å². The number of hydrogen-bond donors (Lipinski definition) is 0. The fraction of sp³-hybridized carbons (Fsp3) is 0.318. The minimum atomic E-state index is -0.238. The second kappa shape index (κ2) is 8.88. The van der Waals surface area contributed by atoms with Crippen molar-refractivity contribution in [3.05, 3.63) is 58.4 Å². The van der Waals surface area contributed by atoms with Gasteiger partial charge in [-0.1, -0.05) is 23.8 Å². The molecule has 1 aliphatic rings. The number of benzene rings is 1. The summed E-state index contributed by atoms with van der Waals surface area (Å²) in [5, 5.41) is 4.60. The van der Waals surface area contributed by atoms with Crippen molar-refractivity contribution in [2.24, 2.45) is 0 Å². The molecule has 7 heteroatoms. The average molecular weight is 426 g/mol. The first-order valence-electron chi connectivity index (χ1n) is 9.77. The molecule has 4 rings (SSSR count). The van der Waals surface area contributed by atoms with Crippen LogP contribution in [0.25, 0.3) is 9.88 Å². The average Bonchev–Trinajstić information content (AvgIpc) is 3.44. The molecule has 0 unspecified atom stereocenters. The van der Waals surface area contributed by atoms with Gasteiger partial charge in [0.25, 0.3) is 5.91 Å². The van der Waals surface area contributed by atoms with Crippen molar-refractivity contribution in [2.45, 2.75) is 26.2 Å². The van der Waals surface area contributed by atoms with Crippen LogP contribution in [0.5, 0.6) is 0 Å². The number of anilines is 1. The van der Waals surface area contributed by atoms with Gasteiger partial charge in [-0.15, -0.1) is 22.7 Å². The molecule has 2 amide bonds. The molecule has 5 nitrogen and oxygen atoms in total. The number of carbonyl (C=O) groups excluding carboxylic acids is 2. The molecule has 1 aromatic carbocycles. The first kappa shape index (κ1) is 19.8. The van der Waals surface area contributed by atoms with Crippen molar-refractivity contribution >= 4 is 40.2 Å². The van der Waals surface area contributed by atoms with Gasteiger partial charge in [-0.2, -0.15) is 0 Å². The van der Waals surface area contributed by atoms with Crippen molar-refractivity contribution in [2.75, 3.05) is 24.5 Å². The Hall–Kier alpha value is -2.51. The molecule has 0 N–H and O–H groups in total. The van der Waals surface area contributed by atoms with Crippen molar-refractivity contribution < 1.29 is 9.59 Å². The highest BCUT2D eigenvalue weighted by Crippen LogP contribution is 2.29. The Morgan fingerprint density at radius 1 is 1.07 bits per heavy atom. The lowest BCUT2D eigenvalue weighted by Crippen LogP contribution is -2.45. The third-order valence-corrected chi connectivity index (χ3v) is 6.93. The van der Waals surface area contributed by atoms with Crippen LogP contribution in [-0.4, -0.2) is 41.3 Å². The number of aryl methyl sites for hydroxylation is 1. The van der Waals surface area contributed by atoms with Gasteiger partial charge in [-0.3, -0.25) is 14.5 Å². The van der Waals surface area contributed by atoms with Crippen LogP contribution in [0.3, 0.4) is 0 Å². The van der Waals surface area contributed by atoms with Crippen molar-refractivity contribution in [3.8, 4) is 9.88 Å². The summed E-state index contributed by atoms with van der Waals surface area (Å²) >= 11 is 3.05. The zero-order valence-corrected chi connectivity index (χ0v) is 18.0. The molecular weight excluding hydrogens is 402 g/mol. The van der Waals surface area contributed by atoms with Gasteiger partial charge in [0.1, 0.15) is 17.2 Å². The maximum Gasteiger partial charge on any atom is 0.278 e. The SMILES string of the molecule is Cc1ccc(N(CC(=O)N2CCCCC2)C(=O)c2csc(-c3cccs3)n2)cc1. The molecule has 150 valence electrons. The van der Waals surface area contributed by atoms with Crippen LogP contribution < -0.4 is 4.90 Å². The normalized spacial score (nSPS) is 14.0. The van der Waals surface area contributed by atoms with Gasteiger partial charge in [-0.25, -0.2) is 4.98 Å². The second-order valence-electron chi connectivity index (χ2n) is 7.18. The number of thiazole rings is 1. The Kier molecular flexibility index (Phi) is 6.06. The lowest BCUT2D eigenvalue weighted by molar-refractivity contribution is -0.130. The number of nitrogens with zero attached hydrogens (tertiary/aromatic N) is 3. The number of amides is 2. The number of hydrogen-bond acceptors (Lipinski definition) is 5. The van der Waals surface area contributed by atoms with Crippen LogP contribution in [0, 0.1) is 6.92 Å². The molecular formula is C22H23N3O2S2. The molecule has 0 spiro atoms. The minimum absolute atomic E-state index is 0.00710. The second-order valence-corrected chi connectivity index (χ2v) is 8.99. The lowest BCUT2D eigenvalue weighted by Gasteiger charge is -2.30. The summed E-state index contributed by atoms with van der Waals surface area (Å²) in [6.07, 6.45) is 3.22. The molecule has 2 aromatic heterocycles. The molecule has 0 saturated carbocycles. The highest BCUT2D eigenvalue weighted by molar-refractivity contribution is 7.20. The quantitative estimate of drug-likeness (QED) is 0.588. The molecule has 29 heavy (non-hydrogen) atoms. The number of carbonyl (C=O) groups is 2. The van der Waals surface area contributed by atoms with Crippen LogP contribution in [0.2, 0.25) is 0 Å². The Morgan fingerprint density at radius 3 is 2.52 bits per heavy atom. The third kappa shape index (κ3) is 4.57. The van der Waals surface area contributed by atoms with E-state index in [1.54, 1.807) is 21.6 Å². The number of aromatic nitrogens is 1. The number of likely N-dealkylation sites (tertiary alicyclic amines) is 1. The van der Waals surface area contributed by atoms with Gasteiger partial charge >= 0.3 is 0 Å². The summed E-state index contributed by atoms with van der Waals surface area (Å²) in [4.78, 5) is 35.2. The van der Waals surface area contributed by atoms with E-state index in [9.17, 15) is 9.59 Å². The predicted molar refractivity (Wildman–Crippen MR) is 119 cm³/mol. The van der Waals surface area contributed by atoms with Crippen molar-refractivity contribution in [1.82, 2.24) is 9.88 Å².